The molecule has 0 fully saturated rings. The predicted molar refractivity (Wildman–Crippen MR) is 281 cm³/mol. The van der Waals surface area contributed by atoms with E-state index in [9.17, 15) is 5.11 Å². The van der Waals surface area contributed by atoms with Crippen molar-refractivity contribution >= 4 is 11.0 Å². The highest BCUT2D eigenvalue weighted by Crippen LogP contribution is 2.44. The quantitative estimate of drug-likeness (QED) is 0.165. The fourth-order valence-electron chi connectivity index (χ4n) is 9.17. The first-order valence-corrected chi connectivity index (χ1v) is 23.2. The van der Waals surface area contributed by atoms with Crippen molar-refractivity contribution in [3.05, 3.63) is 217 Å². The van der Waals surface area contributed by atoms with Crippen LogP contribution in [0.2, 0.25) is 0 Å². The molecule has 0 atom stereocenters. The summed E-state index contributed by atoms with van der Waals surface area (Å²) in [6.07, 6.45) is 1.91. The Morgan fingerprint density at radius 2 is 0.970 bits per heavy atom. The standard InChI is InChI=1S/C63H55N3O/c1-41-34-52(63(5,6)7)40-55(60(41)67)61-65-59-53(24-17-25-58(59)66(61)57-31-30-51(62(2,3)4)39-54(57)46-22-15-10-16-23-46)49-35-48(43-20-13-9-14-21-43)36-50(37-49)56-38-47(32-33-64-56)45-28-26-44(27-29-45)42-18-11-8-12-19-42/h8-40,67H,1-7H3. The van der Waals surface area contributed by atoms with Crippen LogP contribution in [-0.2, 0) is 10.8 Å². The highest BCUT2D eigenvalue weighted by molar-refractivity contribution is 5.98. The number of phenols is 1. The van der Waals surface area contributed by atoms with Crippen LogP contribution in [0.4, 0.5) is 0 Å². The molecule has 10 aromatic rings. The Morgan fingerprint density at radius 3 is 1.61 bits per heavy atom. The Labute approximate surface area is 395 Å². The Hall–Kier alpha value is -7.82. The lowest BCUT2D eigenvalue weighted by atomic mass is 9.84. The zero-order chi connectivity index (χ0) is 46.5. The van der Waals surface area contributed by atoms with Crippen LogP contribution in [0, 0.1) is 6.92 Å². The Bertz CT molecular complexity index is 3410. The summed E-state index contributed by atoms with van der Waals surface area (Å²) in [7, 11) is 0. The minimum atomic E-state index is -0.163. The first-order valence-electron chi connectivity index (χ1n) is 23.2. The lowest BCUT2D eigenvalue weighted by Gasteiger charge is -2.24. The molecule has 4 heteroatoms. The van der Waals surface area contributed by atoms with Gasteiger partial charge < -0.3 is 5.11 Å². The van der Waals surface area contributed by atoms with E-state index in [0.29, 0.717) is 11.4 Å². The molecular weight excluding hydrogens is 815 g/mol. The molecule has 4 nitrogen and oxygen atoms in total. The molecular formula is C63H55N3O. The fraction of sp³-hybridized carbons (Fsp3) is 0.143. The smallest absolute Gasteiger partial charge is 0.149 e. The van der Waals surface area contributed by atoms with E-state index >= 15 is 0 Å². The number of benzene rings is 8. The van der Waals surface area contributed by atoms with Crippen LogP contribution >= 0.6 is 0 Å². The molecule has 2 heterocycles. The maximum absolute atomic E-state index is 12.1. The van der Waals surface area contributed by atoms with Gasteiger partial charge in [0.05, 0.1) is 28.0 Å². The molecule has 0 aliphatic carbocycles. The highest BCUT2D eigenvalue weighted by atomic mass is 16.3. The number of hydrogen-bond donors (Lipinski definition) is 1. The van der Waals surface area contributed by atoms with E-state index in [1.54, 1.807) is 0 Å². The molecule has 0 aliphatic heterocycles. The molecule has 0 aliphatic rings. The van der Waals surface area contributed by atoms with E-state index in [0.717, 1.165) is 83.6 Å². The van der Waals surface area contributed by atoms with Crippen LogP contribution in [0.1, 0.15) is 58.2 Å². The van der Waals surface area contributed by atoms with Gasteiger partial charge in [0.1, 0.15) is 11.6 Å². The molecule has 10 rings (SSSR count). The highest BCUT2D eigenvalue weighted by Gasteiger charge is 2.26. The second kappa shape index (κ2) is 17.2. The lowest BCUT2D eigenvalue weighted by molar-refractivity contribution is 0.471. The summed E-state index contributed by atoms with van der Waals surface area (Å²) in [5, 5.41) is 12.1. The number of nitrogens with zero attached hydrogens (tertiary/aromatic N) is 3. The van der Waals surface area contributed by atoms with Crippen LogP contribution in [0.5, 0.6) is 5.75 Å². The number of fused-ring (bicyclic) bond motifs is 1. The molecule has 0 amide bonds. The average Bonchev–Trinajstić information content (AvgIpc) is 3.74. The number of phenolic OH excluding ortho intramolecular Hbond substituents is 1. The van der Waals surface area contributed by atoms with Gasteiger partial charge in [-0.1, -0.05) is 181 Å². The van der Waals surface area contributed by atoms with Crippen molar-refractivity contribution < 1.29 is 5.11 Å². The van der Waals surface area contributed by atoms with E-state index in [1.165, 1.54) is 16.7 Å². The molecule has 328 valence electrons. The van der Waals surface area contributed by atoms with Crippen molar-refractivity contribution in [3.63, 3.8) is 0 Å². The number of hydrogen-bond acceptors (Lipinski definition) is 3. The van der Waals surface area contributed by atoms with E-state index in [2.05, 4.69) is 234 Å². The Morgan fingerprint density at radius 1 is 0.418 bits per heavy atom. The van der Waals surface area contributed by atoms with Crippen molar-refractivity contribution in [2.45, 2.75) is 59.3 Å². The van der Waals surface area contributed by atoms with Crippen molar-refractivity contribution in [2.24, 2.45) is 0 Å². The van der Waals surface area contributed by atoms with Gasteiger partial charge in [-0.3, -0.25) is 9.55 Å². The Kier molecular flexibility index (Phi) is 11.1. The van der Waals surface area contributed by atoms with Gasteiger partial charge in [0.2, 0.25) is 0 Å². The SMILES string of the molecule is Cc1cc(C(C)(C)C)cc(-c2nc3c(-c4cc(-c5ccccc5)cc(-c5cc(-c6ccc(-c7ccccc7)cc6)ccn5)c4)cccc3n2-c2ccc(C(C)(C)C)cc2-c2ccccc2)c1O. The maximum Gasteiger partial charge on any atom is 0.149 e. The third-order valence-corrected chi connectivity index (χ3v) is 13.0. The summed E-state index contributed by atoms with van der Waals surface area (Å²) in [5.74, 6) is 0.912. The fourth-order valence-corrected chi connectivity index (χ4v) is 9.17. The molecule has 0 spiro atoms. The lowest BCUT2D eigenvalue weighted by Crippen LogP contribution is -2.13. The molecule has 2 aromatic heterocycles. The molecule has 0 unspecified atom stereocenters. The summed E-state index contributed by atoms with van der Waals surface area (Å²) in [6.45, 7) is 15.4. The van der Waals surface area contributed by atoms with E-state index in [-0.39, 0.29) is 16.6 Å². The molecule has 0 bridgehead atoms. The van der Waals surface area contributed by atoms with Gasteiger partial charge in [0.15, 0.2) is 0 Å². The zero-order valence-corrected chi connectivity index (χ0v) is 39.3. The monoisotopic (exact) mass is 869 g/mol. The van der Waals surface area contributed by atoms with Crippen molar-refractivity contribution in [3.8, 4) is 89.7 Å². The second-order valence-electron chi connectivity index (χ2n) is 19.8. The number of pyridine rings is 1. The number of para-hydroxylation sites is 1. The number of aromatic nitrogens is 3. The third kappa shape index (κ3) is 8.48. The third-order valence-electron chi connectivity index (χ3n) is 13.0. The number of imidazole rings is 1. The molecule has 8 aromatic carbocycles. The van der Waals surface area contributed by atoms with Gasteiger partial charge in [-0.15, -0.1) is 0 Å². The van der Waals surface area contributed by atoms with Gasteiger partial charge in [-0.25, -0.2) is 4.98 Å². The first kappa shape index (κ1) is 43.1. The van der Waals surface area contributed by atoms with Gasteiger partial charge in [0, 0.05) is 22.9 Å². The summed E-state index contributed by atoms with van der Waals surface area (Å²) >= 11 is 0. The number of aryl methyl sites for hydroxylation is 1. The largest absolute Gasteiger partial charge is 0.507 e. The van der Waals surface area contributed by atoms with E-state index < -0.39 is 0 Å². The summed E-state index contributed by atoms with van der Waals surface area (Å²) in [5.41, 5.74) is 19.3. The van der Waals surface area contributed by atoms with E-state index in [4.69, 9.17) is 9.97 Å². The maximum atomic E-state index is 12.1. The van der Waals surface area contributed by atoms with Crippen LogP contribution in [-0.4, -0.2) is 19.6 Å². The summed E-state index contributed by atoms with van der Waals surface area (Å²) < 4.78 is 2.27. The van der Waals surface area contributed by atoms with Gasteiger partial charge in [-0.2, -0.15) is 0 Å². The molecule has 67 heavy (non-hydrogen) atoms. The van der Waals surface area contributed by atoms with Gasteiger partial charge >= 0.3 is 0 Å². The summed E-state index contributed by atoms with van der Waals surface area (Å²) in [6, 6.07) is 69.0. The normalized spacial score (nSPS) is 11.9. The molecule has 0 saturated carbocycles. The molecule has 0 saturated heterocycles. The van der Waals surface area contributed by atoms with Gasteiger partial charge in [-0.05, 0) is 134 Å². The average molecular weight is 870 g/mol. The van der Waals surface area contributed by atoms with Crippen LogP contribution in [0.15, 0.2) is 200 Å². The second-order valence-corrected chi connectivity index (χ2v) is 19.8. The molecule has 1 N–H and O–H groups in total. The van der Waals surface area contributed by atoms with Crippen molar-refractivity contribution in [1.82, 2.24) is 14.5 Å². The van der Waals surface area contributed by atoms with Crippen LogP contribution in [0.25, 0.3) is 95.0 Å². The minimum absolute atomic E-state index is 0.0751. The number of aromatic hydroxyl groups is 1. The van der Waals surface area contributed by atoms with Crippen molar-refractivity contribution in [2.75, 3.05) is 0 Å². The summed E-state index contributed by atoms with van der Waals surface area (Å²) in [4.78, 5) is 10.6. The minimum Gasteiger partial charge on any atom is -0.507 e. The Balaban J connectivity index is 1.20. The number of rotatable bonds is 8. The first-order chi connectivity index (χ1) is 32.3. The van der Waals surface area contributed by atoms with Gasteiger partial charge in [0.25, 0.3) is 0 Å². The predicted octanol–water partition coefficient (Wildman–Crippen LogP) is 16.7. The van der Waals surface area contributed by atoms with Crippen molar-refractivity contribution in [1.29, 1.82) is 0 Å². The van der Waals surface area contributed by atoms with E-state index in [1.807, 2.05) is 19.2 Å². The molecule has 0 radical (unpaired) electrons. The van der Waals surface area contributed by atoms with Crippen LogP contribution in [0.3, 0.4) is 0 Å². The zero-order valence-electron chi connectivity index (χ0n) is 39.3. The van der Waals surface area contributed by atoms with Crippen LogP contribution < -0.4 is 0 Å². The topological polar surface area (TPSA) is 50.9 Å².